The molecule has 13 heteroatoms. The average Bonchev–Trinajstić information content (AvgIpc) is 3.73. The number of hydrogen-bond donors (Lipinski definition) is 3. The zero-order chi connectivity index (χ0) is 32.6. The monoisotopic (exact) mass is 665 g/mol. The van der Waals surface area contributed by atoms with E-state index in [1.54, 1.807) is 15.7 Å². The minimum absolute atomic E-state index is 0.0141. The summed E-state index contributed by atoms with van der Waals surface area (Å²) in [6.45, 7) is 8.68. The van der Waals surface area contributed by atoms with E-state index in [-0.39, 0.29) is 54.0 Å². The predicted molar refractivity (Wildman–Crippen MR) is 179 cm³/mol. The third-order valence-corrected chi connectivity index (χ3v) is 10.3. The Balaban J connectivity index is 1.41. The van der Waals surface area contributed by atoms with E-state index in [4.69, 9.17) is 0 Å². The molecule has 2 aliphatic rings. The van der Waals surface area contributed by atoms with Crippen LogP contribution in [0.5, 0.6) is 0 Å². The van der Waals surface area contributed by atoms with Gasteiger partial charge in [-0.2, -0.15) is 0 Å². The Kier molecular flexibility index (Phi) is 11.5. The Morgan fingerprint density at radius 3 is 2.33 bits per heavy atom. The van der Waals surface area contributed by atoms with Gasteiger partial charge in [0.05, 0.1) is 25.2 Å². The first-order valence-corrected chi connectivity index (χ1v) is 17.8. The number of likely N-dealkylation sites (tertiary alicyclic amines) is 1. The smallest absolute Gasteiger partial charge is 0.271 e. The normalized spacial score (nSPS) is 21.1. The van der Waals surface area contributed by atoms with E-state index in [1.165, 1.54) is 22.7 Å². The maximum atomic E-state index is 13.6. The number of piperidine rings is 1. The molecule has 0 unspecified atom stereocenters. The van der Waals surface area contributed by atoms with Crippen molar-refractivity contribution in [2.24, 2.45) is 11.8 Å². The van der Waals surface area contributed by atoms with E-state index in [0.29, 0.717) is 41.9 Å². The van der Waals surface area contributed by atoms with Crippen LogP contribution in [0.3, 0.4) is 0 Å². The number of fused-ring (bicyclic) bond motifs is 4. The molecule has 5 rings (SSSR count). The molecule has 246 valence electrons. The topological polar surface area (TPSA) is 137 Å². The molecule has 2 aliphatic heterocycles. The lowest BCUT2D eigenvalue weighted by Crippen LogP contribution is -2.48. The van der Waals surface area contributed by atoms with Gasteiger partial charge in [0.15, 0.2) is 0 Å². The molecular formula is C33H43N7O4S2. The fourth-order valence-electron chi connectivity index (χ4n) is 5.64. The first-order valence-electron chi connectivity index (χ1n) is 16.0. The first-order chi connectivity index (χ1) is 22.2. The van der Waals surface area contributed by atoms with Crippen LogP contribution >= 0.6 is 22.7 Å². The highest BCUT2D eigenvalue weighted by atomic mass is 32.1. The number of nitrogens with one attached hydrogen (secondary N) is 3. The number of aromatic nitrogens is 2. The van der Waals surface area contributed by atoms with Crippen molar-refractivity contribution in [1.29, 1.82) is 0 Å². The lowest BCUT2D eigenvalue weighted by molar-refractivity contribution is -0.137. The van der Waals surface area contributed by atoms with Crippen molar-refractivity contribution >= 4 is 46.3 Å². The highest BCUT2D eigenvalue weighted by Gasteiger charge is 2.28. The molecule has 4 heterocycles. The van der Waals surface area contributed by atoms with E-state index < -0.39 is 12.1 Å². The van der Waals surface area contributed by atoms with Crippen LogP contribution in [0.2, 0.25) is 0 Å². The van der Waals surface area contributed by atoms with Crippen LogP contribution in [0.1, 0.15) is 88.7 Å². The summed E-state index contributed by atoms with van der Waals surface area (Å²) in [6.07, 6.45) is 3.05. The summed E-state index contributed by atoms with van der Waals surface area (Å²) in [6, 6.07) is 8.89. The van der Waals surface area contributed by atoms with Gasteiger partial charge in [0.1, 0.15) is 21.4 Å². The fourth-order valence-corrected chi connectivity index (χ4v) is 7.51. The van der Waals surface area contributed by atoms with Gasteiger partial charge < -0.3 is 20.9 Å². The van der Waals surface area contributed by atoms with E-state index in [2.05, 4.69) is 37.7 Å². The van der Waals surface area contributed by atoms with Crippen molar-refractivity contribution in [3.05, 3.63) is 68.1 Å². The molecule has 1 fully saturated rings. The number of carbonyl (C=O) groups excluding carboxylic acids is 4. The molecule has 0 spiro atoms. The average molecular weight is 666 g/mol. The fraction of sp³-hybridized carbons (Fsp3) is 0.515. The second-order valence-electron chi connectivity index (χ2n) is 12.5. The molecule has 4 amide bonds. The Labute approximate surface area is 278 Å². The number of benzene rings is 1. The van der Waals surface area contributed by atoms with Crippen LogP contribution in [-0.4, -0.2) is 82.7 Å². The van der Waals surface area contributed by atoms with Crippen LogP contribution < -0.4 is 16.0 Å². The van der Waals surface area contributed by atoms with Gasteiger partial charge in [0.2, 0.25) is 11.8 Å². The molecule has 11 nitrogen and oxygen atoms in total. The van der Waals surface area contributed by atoms with Gasteiger partial charge in [-0.25, -0.2) is 9.97 Å². The molecule has 3 N–H and O–H groups in total. The van der Waals surface area contributed by atoms with Crippen molar-refractivity contribution < 1.29 is 19.2 Å². The second-order valence-corrected chi connectivity index (χ2v) is 14.3. The van der Waals surface area contributed by atoms with Crippen LogP contribution in [0.25, 0.3) is 0 Å². The van der Waals surface area contributed by atoms with E-state index in [1.807, 2.05) is 44.2 Å². The molecule has 0 saturated carbocycles. The van der Waals surface area contributed by atoms with Gasteiger partial charge in [-0.15, -0.1) is 22.7 Å². The summed E-state index contributed by atoms with van der Waals surface area (Å²) in [5.74, 6) is -0.433. The number of amides is 4. The van der Waals surface area contributed by atoms with Gasteiger partial charge in [0.25, 0.3) is 11.8 Å². The van der Waals surface area contributed by atoms with E-state index in [9.17, 15) is 19.2 Å². The first kappa shape index (κ1) is 33.7. The second kappa shape index (κ2) is 15.7. The summed E-state index contributed by atoms with van der Waals surface area (Å²) in [5, 5.41) is 13.7. The summed E-state index contributed by atoms with van der Waals surface area (Å²) in [5.41, 5.74) is 1.54. The van der Waals surface area contributed by atoms with Crippen molar-refractivity contribution in [3.8, 4) is 0 Å². The summed E-state index contributed by atoms with van der Waals surface area (Å²) >= 11 is 2.65. The van der Waals surface area contributed by atoms with Gasteiger partial charge in [-0.1, -0.05) is 51.1 Å². The molecule has 2 atom stereocenters. The summed E-state index contributed by atoms with van der Waals surface area (Å²) in [4.78, 5) is 66.4. The Bertz CT molecular complexity index is 1500. The molecule has 1 saturated heterocycles. The van der Waals surface area contributed by atoms with Crippen molar-refractivity contribution in [3.63, 3.8) is 0 Å². The third kappa shape index (κ3) is 8.98. The maximum absolute atomic E-state index is 13.6. The molecule has 3 aromatic rings. The zero-order valence-corrected chi connectivity index (χ0v) is 28.3. The number of carbonyl (C=O) groups is 4. The lowest BCUT2D eigenvalue weighted by atomic mass is 9.99. The van der Waals surface area contributed by atoms with Gasteiger partial charge in [-0.05, 0) is 56.2 Å². The maximum Gasteiger partial charge on any atom is 0.271 e. The van der Waals surface area contributed by atoms with Gasteiger partial charge in [0, 0.05) is 23.8 Å². The minimum atomic E-state index is -0.495. The largest absolute Gasteiger partial charge is 0.351 e. The standard InChI is InChI=1S/C33H43N7O4S2/c1-21(2)29-33-37-25(19-46-33)30(43)34-12-7-13-40(28(42)18-39-14-10-22(3)11-15-39)17-27(41)35-24(16-23-8-5-4-6-9-23)32-36-26(20-45-32)31(44)38-29/h4-6,8-9,19-22,24,29H,7,10-18H2,1-3H3,(H,34,43)(H,35,41)(H,38,44)/t24-,29-/m0/s1. The van der Waals surface area contributed by atoms with Gasteiger partial charge in [-0.3, -0.25) is 24.1 Å². The van der Waals surface area contributed by atoms with Crippen LogP contribution in [-0.2, 0) is 16.0 Å². The molecule has 1 aromatic carbocycles. The third-order valence-electron chi connectivity index (χ3n) is 8.46. The van der Waals surface area contributed by atoms with Crippen molar-refractivity contribution in [2.75, 3.05) is 39.3 Å². The summed E-state index contributed by atoms with van der Waals surface area (Å²) < 4.78 is 0. The minimum Gasteiger partial charge on any atom is -0.351 e. The predicted octanol–water partition coefficient (Wildman–Crippen LogP) is 3.82. The molecule has 0 radical (unpaired) electrons. The molecule has 4 bridgehead atoms. The Morgan fingerprint density at radius 2 is 1.61 bits per heavy atom. The molecular weight excluding hydrogens is 623 g/mol. The van der Waals surface area contributed by atoms with E-state index in [0.717, 1.165) is 31.5 Å². The number of thiazole rings is 2. The lowest BCUT2D eigenvalue weighted by Gasteiger charge is -2.32. The van der Waals surface area contributed by atoms with Crippen molar-refractivity contribution in [2.45, 2.75) is 58.5 Å². The van der Waals surface area contributed by atoms with Gasteiger partial charge >= 0.3 is 0 Å². The highest BCUT2D eigenvalue weighted by Crippen LogP contribution is 2.27. The van der Waals surface area contributed by atoms with Crippen LogP contribution in [0, 0.1) is 11.8 Å². The Morgan fingerprint density at radius 1 is 0.935 bits per heavy atom. The molecule has 0 aliphatic carbocycles. The Hall–Kier alpha value is -3.68. The molecule has 2 aromatic heterocycles. The number of rotatable bonds is 5. The number of hydrogen-bond acceptors (Lipinski definition) is 9. The quantitative estimate of drug-likeness (QED) is 0.377. The van der Waals surface area contributed by atoms with E-state index >= 15 is 0 Å². The number of nitrogens with zero attached hydrogens (tertiary/aromatic N) is 4. The van der Waals surface area contributed by atoms with Crippen LogP contribution in [0.4, 0.5) is 0 Å². The summed E-state index contributed by atoms with van der Waals surface area (Å²) in [7, 11) is 0. The van der Waals surface area contributed by atoms with Crippen molar-refractivity contribution in [1.82, 2.24) is 35.7 Å². The zero-order valence-electron chi connectivity index (χ0n) is 26.7. The molecule has 46 heavy (non-hydrogen) atoms. The van der Waals surface area contributed by atoms with Crippen LogP contribution in [0.15, 0.2) is 41.1 Å². The highest BCUT2D eigenvalue weighted by molar-refractivity contribution is 7.10. The SMILES string of the molecule is CC1CCN(CC(=O)N2CCCNC(=O)c3csc(n3)[C@H](C(C)C)NC(=O)c3csc(n3)[C@H](Cc3ccccc3)NC(=O)C2)CC1.